The monoisotopic (exact) mass is 467 g/mol. The minimum absolute atomic E-state index is 0.0517. The molecule has 0 saturated carbocycles. The number of carbonyl (C=O) groups is 1. The van der Waals surface area contributed by atoms with Crippen LogP contribution in [0.5, 0.6) is 23.0 Å². The van der Waals surface area contributed by atoms with Gasteiger partial charge in [0, 0.05) is 18.7 Å². The lowest BCUT2D eigenvalue weighted by Gasteiger charge is -2.19. The maximum Gasteiger partial charge on any atom is 0.233 e. The minimum atomic E-state index is -0.306. The summed E-state index contributed by atoms with van der Waals surface area (Å²) >= 11 is 1.44. The zero-order valence-electron chi connectivity index (χ0n) is 18.5. The third-order valence-electron chi connectivity index (χ3n) is 5.53. The van der Waals surface area contributed by atoms with Crippen molar-refractivity contribution in [3.8, 4) is 34.3 Å². The Labute approximate surface area is 196 Å². The van der Waals surface area contributed by atoms with Gasteiger partial charge in [0.25, 0.3) is 0 Å². The number of ether oxygens (including phenoxy) is 4. The Morgan fingerprint density at radius 2 is 1.79 bits per heavy atom. The predicted octanol–water partition coefficient (Wildman–Crippen LogP) is 3.87. The molecule has 9 heteroatoms. The van der Waals surface area contributed by atoms with Gasteiger partial charge in [-0.15, -0.1) is 0 Å². The van der Waals surface area contributed by atoms with E-state index < -0.39 is 0 Å². The number of hydrogen-bond acceptors (Lipinski definition) is 7. The molecular formula is C24H25N3O5S. The van der Waals surface area contributed by atoms with Crippen LogP contribution < -0.4 is 24.3 Å². The molecule has 1 aromatic heterocycles. The summed E-state index contributed by atoms with van der Waals surface area (Å²) in [6.45, 7) is 6.45. The van der Waals surface area contributed by atoms with Gasteiger partial charge in [0.15, 0.2) is 28.2 Å². The number of imidazole rings is 1. The lowest BCUT2D eigenvalue weighted by atomic mass is 10.1. The molecule has 1 N–H and O–H groups in total. The number of fused-ring (bicyclic) bond motifs is 2. The molecule has 1 atom stereocenters. The summed E-state index contributed by atoms with van der Waals surface area (Å²) in [5.41, 5.74) is 2.94. The van der Waals surface area contributed by atoms with Gasteiger partial charge in [0.1, 0.15) is 13.2 Å². The molecule has 2 aromatic carbocycles. The maximum atomic E-state index is 12.7. The SMILES string of the molecule is CCn1c(-c2ccc3c(c2)OCCO3)cnc1S[C@@H](C)C(=O)NCc1ccc2c(c1)OCO2. The largest absolute Gasteiger partial charge is 0.486 e. The van der Waals surface area contributed by atoms with Crippen LogP contribution in [-0.4, -0.2) is 40.7 Å². The summed E-state index contributed by atoms with van der Waals surface area (Å²) in [5.74, 6) is 2.89. The molecule has 0 unspecified atom stereocenters. The molecule has 0 aliphatic carbocycles. The summed E-state index contributed by atoms with van der Waals surface area (Å²) < 4.78 is 24.2. The summed E-state index contributed by atoms with van der Waals surface area (Å²) in [6, 6.07) is 11.6. The highest BCUT2D eigenvalue weighted by molar-refractivity contribution is 8.00. The summed E-state index contributed by atoms with van der Waals surface area (Å²) in [7, 11) is 0. The molecule has 0 saturated heterocycles. The number of rotatable bonds is 7. The zero-order valence-corrected chi connectivity index (χ0v) is 19.3. The lowest BCUT2D eigenvalue weighted by Crippen LogP contribution is -2.30. The molecule has 5 rings (SSSR count). The van der Waals surface area contributed by atoms with Gasteiger partial charge < -0.3 is 28.8 Å². The van der Waals surface area contributed by atoms with Crippen LogP contribution in [0.3, 0.4) is 0 Å². The zero-order chi connectivity index (χ0) is 22.8. The fraction of sp³-hybridized carbons (Fsp3) is 0.333. The van der Waals surface area contributed by atoms with Crippen LogP contribution in [0.4, 0.5) is 0 Å². The predicted molar refractivity (Wildman–Crippen MR) is 124 cm³/mol. The third-order valence-corrected chi connectivity index (χ3v) is 6.63. The number of benzene rings is 2. The van der Waals surface area contributed by atoms with E-state index in [2.05, 4.69) is 21.8 Å². The van der Waals surface area contributed by atoms with Gasteiger partial charge in [0.2, 0.25) is 12.7 Å². The summed E-state index contributed by atoms with van der Waals surface area (Å²) in [4.78, 5) is 17.3. The fourth-order valence-corrected chi connectivity index (χ4v) is 4.76. The molecule has 172 valence electrons. The fourth-order valence-electron chi connectivity index (χ4n) is 3.79. The molecule has 3 aromatic rings. The van der Waals surface area contributed by atoms with Gasteiger partial charge in [-0.2, -0.15) is 0 Å². The third kappa shape index (κ3) is 4.45. The van der Waals surface area contributed by atoms with Crippen LogP contribution in [0.15, 0.2) is 47.8 Å². The molecule has 8 nitrogen and oxygen atoms in total. The second kappa shape index (κ2) is 9.27. The Hall–Kier alpha value is -3.33. The van der Waals surface area contributed by atoms with Crippen molar-refractivity contribution in [1.82, 2.24) is 14.9 Å². The van der Waals surface area contributed by atoms with Crippen molar-refractivity contribution in [3.05, 3.63) is 48.2 Å². The van der Waals surface area contributed by atoms with Gasteiger partial charge in [-0.1, -0.05) is 17.8 Å². The van der Waals surface area contributed by atoms with Crippen molar-refractivity contribution in [2.45, 2.75) is 37.3 Å². The van der Waals surface area contributed by atoms with Crippen molar-refractivity contribution in [3.63, 3.8) is 0 Å². The first-order valence-corrected chi connectivity index (χ1v) is 11.8. The standard InChI is InChI=1S/C24H25N3O5S/c1-3-27-18(17-5-7-19-22(11-17)30-9-8-29-19)13-26-24(27)33-15(2)23(28)25-12-16-4-6-20-21(10-16)32-14-31-20/h4-7,10-11,13,15H,3,8-9,12,14H2,1-2H3,(H,25,28)/t15-/m0/s1. The molecular weight excluding hydrogens is 442 g/mol. The average molecular weight is 468 g/mol. The average Bonchev–Trinajstić information content (AvgIpc) is 3.48. The number of carbonyl (C=O) groups excluding carboxylic acids is 1. The van der Waals surface area contributed by atoms with E-state index in [0.29, 0.717) is 25.5 Å². The molecule has 0 fully saturated rings. The number of nitrogens with zero attached hydrogens (tertiary/aromatic N) is 2. The Morgan fingerprint density at radius 3 is 2.64 bits per heavy atom. The van der Waals surface area contributed by atoms with E-state index in [-0.39, 0.29) is 18.0 Å². The topological polar surface area (TPSA) is 83.8 Å². The molecule has 3 heterocycles. The second-order valence-electron chi connectivity index (χ2n) is 7.69. The van der Waals surface area contributed by atoms with Crippen molar-refractivity contribution in [1.29, 1.82) is 0 Å². The Morgan fingerprint density at radius 1 is 1.06 bits per heavy atom. The number of thioether (sulfide) groups is 1. The second-order valence-corrected chi connectivity index (χ2v) is 9.00. The number of aromatic nitrogens is 2. The van der Waals surface area contributed by atoms with E-state index in [1.165, 1.54) is 11.8 Å². The normalized spacial score (nSPS) is 14.7. The van der Waals surface area contributed by atoms with Crippen molar-refractivity contribution < 1.29 is 23.7 Å². The number of amides is 1. The van der Waals surface area contributed by atoms with Crippen molar-refractivity contribution in [2.24, 2.45) is 0 Å². The smallest absolute Gasteiger partial charge is 0.233 e. The van der Waals surface area contributed by atoms with Gasteiger partial charge in [-0.25, -0.2) is 4.98 Å². The first kappa shape index (κ1) is 21.5. The van der Waals surface area contributed by atoms with Crippen LogP contribution in [0, 0.1) is 0 Å². The first-order chi connectivity index (χ1) is 16.1. The Bertz CT molecular complexity index is 1180. The summed E-state index contributed by atoms with van der Waals surface area (Å²) in [6.07, 6.45) is 1.84. The van der Waals surface area contributed by atoms with E-state index in [1.807, 2.05) is 49.5 Å². The van der Waals surface area contributed by atoms with E-state index >= 15 is 0 Å². The van der Waals surface area contributed by atoms with E-state index in [0.717, 1.165) is 45.8 Å². The highest BCUT2D eigenvalue weighted by atomic mass is 32.2. The summed E-state index contributed by atoms with van der Waals surface area (Å²) in [5, 5.41) is 3.49. The van der Waals surface area contributed by atoms with E-state index in [9.17, 15) is 4.79 Å². The van der Waals surface area contributed by atoms with Crippen LogP contribution in [0.2, 0.25) is 0 Å². The van der Waals surface area contributed by atoms with E-state index in [1.54, 1.807) is 0 Å². The molecule has 0 radical (unpaired) electrons. The molecule has 0 bridgehead atoms. The molecule has 0 spiro atoms. The van der Waals surface area contributed by atoms with Gasteiger partial charge >= 0.3 is 0 Å². The molecule has 33 heavy (non-hydrogen) atoms. The van der Waals surface area contributed by atoms with Gasteiger partial charge in [-0.05, 0) is 49.7 Å². The quantitative estimate of drug-likeness (QED) is 0.528. The Balaban J connectivity index is 1.25. The Kier molecular flexibility index (Phi) is 6.04. The van der Waals surface area contributed by atoms with Gasteiger partial charge in [0.05, 0.1) is 17.1 Å². The van der Waals surface area contributed by atoms with Crippen molar-refractivity contribution >= 4 is 17.7 Å². The number of hydrogen-bond donors (Lipinski definition) is 1. The van der Waals surface area contributed by atoms with Crippen LogP contribution in [-0.2, 0) is 17.9 Å². The maximum absolute atomic E-state index is 12.7. The minimum Gasteiger partial charge on any atom is -0.486 e. The van der Waals surface area contributed by atoms with Crippen molar-refractivity contribution in [2.75, 3.05) is 20.0 Å². The van der Waals surface area contributed by atoms with Crippen LogP contribution >= 0.6 is 11.8 Å². The number of nitrogens with one attached hydrogen (secondary N) is 1. The van der Waals surface area contributed by atoms with E-state index in [4.69, 9.17) is 18.9 Å². The molecule has 1 amide bonds. The highest BCUT2D eigenvalue weighted by Gasteiger charge is 2.21. The van der Waals surface area contributed by atoms with Crippen LogP contribution in [0.1, 0.15) is 19.4 Å². The highest BCUT2D eigenvalue weighted by Crippen LogP contribution is 2.36. The molecule has 2 aliphatic rings. The lowest BCUT2D eigenvalue weighted by molar-refractivity contribution is -0.120. The van der Waals surface area contributed by atoms with Crippen LogP contribution in [0.25, 0.3) is 11.3 Å². The van der Waals surface area contributed by atoms with Gasteiger partial charge in [-0.3, -0.25) is 4.79 Å². The molecule has 2 aliphatic heterocycles. The first-order valence-electron chi connectivity index (χ1n) is 10.9.